The van der Waals surface area contributed by atoms with Gasteiger partial charge in [-0.1, -0.05) is 42.1 Å². The molecule has 2 amide bonds. The number of nitrogens with zero attached hydrogens (tertiary/aromatic N) is 3. The van der Waals surface area contributed by atoms with Crippen molar-refractivity contribution in [2.75, 3.05) is 17.3 Å². The number of para-hydroxylation sites is 1. The molecule has 4 nitrogen and oxygen atoms in total. The fourth-order valence-electron chi connectivity index (χ4n) is 2.68. The lowest BCUT2D eigenvalue weighted by atomic mass is 10.1. The van der Waals surface area contributed by atoms with Crippen molar-refractivity contribution in [1.82, 2.24) is 4.90 Å². The Kier molecular flexibility index (Phi) is 6.30. The Hall–Kier alpha value is -2.69. The summed E-state index contributed by atoms with van der Waals surface area (Å²) in [5.41, 5.74) is -0.0108. The van der Waals surface area contributed by atoms with E-state index < -0.39 is 30.5 Å². The number of anilines is 1. The topological polar surface area (TPSA) is 35.9 Å². The molecule has 0 spiro atoms. The van der Waals surface area contributed by atoms with Gasteiger partial charge in [-0.25, -0.2) is 4.79 Å². The Morgan fingerprint density at radius 1 is 0.933 bits per heavy atom. The fraction of sp³-hybridized carbons (Fsp3) is 0.263. The van der Waals surface area contributed by atoms with E-state index in [0.717, 1.165) is 23.9 Å². The van der Waals surface area contributed by atoms with E-state index >= 15 is 0 Å². The Morgan fingerprint density at radius 2 is 1.57 bits per heavy atom. The first-order valence-electron chi connectivity index (χ1n) is 8.59. The van der Waals surface area contributed by atoms with Crippen LogP contribution in [0.2, 0.25) is 0 Å². The second-order valence-corrected chi connectivity index (χ2v) is 7.23. The Morgan fingerprint density at radius 3 is 2.13 bits per heavy atom. The number of thioether (sulfide) groups is 1. The van der Waals surface area contributed by atoms with E-state index in [-0.39, 0.29) is 17.6 Å². The maximum absolute atomic E-state index is 13.1. The summed E-state index contributed by atoms with van der Waals surface area (Å²) < 4.78 is 77.1. The van der Waals surface area contributed by atoms with Crippen molar-refractivity contribution in [3.8, 4) is 0 Å². The molecule has 1 fully saturated rings. The van der Waals surface area contributed by atoms with Crippen LogP contribution in [0.15, 0.2) is 59.6 Å². The second kappa shape index (κ2) is 8.58. The number of rotatable bonds is 4. The first kappa shape index (κ1) is 22.0. The van der Waals surface area contributed by atoms with Crippen LogP contribution in [0.4, 0.5) is 36.8 Å². The van der Waals surface area contributed by atoms with Crippen LogP contribution in [0.1, 0.15) is 11.1 Å². The highest BCUT2D eigenvalue weighted by Crippen LogP contribution is 2.31. The van der Waals surface area contributed by atoms with Crippen LogP contribution in [-0.4, -0.2) is 34.7 Å². The van der Waals surface area contributed by atoms with Gasteiger partial charge < -0.3 is 0 Å². The summed E-state index contributed by atoms with van der Waals surface area (Å²) in [6, 6.07) is 11.5. The minimum atomic E-state index is -4.65. The fourth-order valence-corrected chi connectivity index (χ4v) is 3.64. The van der Waals surface area contributed by atoms with E-state index in [9.17, 15) is 31.1 Å². The van der Waals surface area contributed by atoms with E-state index in [1.807, 2.05) is 0 Å². The van der Waals surface area contributed by atoms with Gasteiger partial charge >= 0.3 is 18.4 Å². The zero-order valence-corrected chi connectivity index (χ0v) is 16.1. The SMILES string of the molecule is O=C1N(CC(F)(F)F)/C(=N\Cc2ccc(C(F)(F)F)cc2)SCN1c1ccccc1. The van der Waals surface area contributed by atoms with Crippen molar-refractivity contribution in [2.24, 2.45) is 4.99 Å². The lowest BCUT2D eigenvalue weighted by molar-refractivity contribution is -0.137. The molecule has 2 aromatic rings. The highest BCUT2D eigenvalue weighted by Gasteiger charge is 2.40. The third-order valence-electron chi connectivity index (χ3n) is 4.10. The van der Waals surface area contributed by atoms with Gasteiger partial charge in [0.25, 0.3) is 0 Å². The number of urea groups is 1. The molecular formula is C19H15F6N3OS. The van der Waals surface area contributed by atoms with Gasteiger partial charge in [0.2, 0.25) is 0 Å². The molecule has 0 N–H and O–H groups in total. The zero-order valence-electron chi connectivity index (χ0n) is 15.2. The summed E-state index contributed by atoms with van der Waals surface area (Å²) >= 11 is 0.946. The summed E-state index contributed by atoms with van der Waals surface area (Å²) in [5, 5.41) is -0.135. The summed E-state index contributed by atoms with van der Waals surface area (Å²) in [5.74, 6) is 0.0586. The van der Waals surface area contributed by atoms with Gasteiger partial charge in [-0.2, -0.15) is 26.3 Å². The molecule has 1 aliphatic rings. The number of carbonyl (C=O) groups excluding carboxylic acids is 1. The average Bonchev–Trinajstić information content (AvgIpc) is 2.68. The molecule has 0 aliphatic carbocycles. The Bertz CT molecular complexity index is 913. The molecule has 0 saturated carbocycles. The molecule has 11 heteroatoms. The smallest absolute Gasteiger partial charge is 0.284 e. The highest BCUT2D eigenvalue weighted by molar-refractivity contribution is 8.14. The number of hydrogen-bond donors (Lipinski definition) is 0. The minimum Gasteiger partial charge on any atom is -0.284 e. The summed E-state index contributed by atoms with van der Waals surface area (Å²) in [6.07, 6.45) is -9.13. The van der Waals surface area contributed by atoms with Crippen LogP contribution in [0.3, 0.4) is 0 Å². The quantitative estimate of drug-likeness (QED) is 0.559. The van der Waals surface area contributed by atoms with Crippen LogP contribution < -0.4 is 4.90 Å². The molecule has 2 aromatic carbocycles. The minimum absolute atomic E-state index is 0.0586. The highest BCUT2D eigenvalue weighted by atomic mass is 32.2. The van der Waals surface area contributed by atoms with Crippen molar-refractivity contribution in [3.05, 3.63) is 65.7 Å². The zero-order chi connectivity index (χ0) is 21.9. The molecular weight excluding hydrogens is 432 g/mol. The number of carbonyl (C=O) groups is 1. The van der Waals surface area contributed by atoms with E-state index in [0.29, 0.717) is 16.2 Å². The maximum Gasteiger partial charge on any atom is 0.416 e. The molecule has 0 radical (unpaired) electrons. The number of hydrogen-bond acceptors (Lipinski definition) is 3. The predicted molar refractivity (Wildman–Crippen MR) is 102 cm³/mol. The maximum atomic E-state index is 13.1. The number of aliphatic imine (C=N–C) groups is 1. The average molecular weight is 447 g/mol. The van der Waals surface area contributed by atoms with Crippen LogP contribution in [0.25, 0.3) is 0 Å². The molecule has 0 bridgehead atoms. The van der Waals surface area contributed by atoms with Crippen LogP contribution in [0.5, 0.6) is 0 Å². The third kappa shape index (κ3) is 5.47. The second-order valence-electron chi connectivity index (χ2n) is 6.31. The molecule has 0 unspecified atom stereocenters. The third-order valence-corrected chi connectivity index (χ3v) is 5.09. The van der Waals surface area contributed by atoms with Crippen LogP contribution in [0, 0.1) is 0 Å². The lowest BCUT2D eigenvalue weighted by Crippen LogP contribution is -2.53. The standard InChI is InChI=1S/C19H15F6N3OS/c20-18(21,22)11-27-16(26-10-13-6-8-14(9-7-13)19(23,24)25)30-12-28(17(27)29)15-4-2-1-3-5-15/h1-9H,10-12H2/b26-16+. The summed E-state index contributed by atoms with van der Waals surface area (Å²) in [6.45, 7) is -1.68. The predicted octanol–water partition coefficient (Wildman–Crippen LogP) is 5.76. The summed E-state index contributed by atoms with van der Waals surface area (Å²) in [7, 11) is 0. The van der Waals surface area contributed by atoms with E-state index in [2.05, 4.69) is 4.99 Å². The lowest BCUT2D eigenvalue weighted by Gasteiger charge is -2.36. The Labute approximate surface area is 172 Å². The molecule has 160 valence electrons. The molecule has 3 rings (SSSR count). The van der Waals surface area contributed by atoms with E-state index in [1.165, 1.54) is 17.0 Å². The number of benzene rings is 2. The molecule has 1 aliphatic heterocycles. The van der Waals surface area contributed by atoms with Gasteiger partial charge in [-0.05, 0) is 29.8 Å². The van der Waals surface area contributed by atoms with Gasteiger partial charge in [0.15, 0.2) is 5.17 Å². The molecule has 1 heterocycles. The van der Waals surface area contributed by atoms with Crippen molar-refractivity contribution >= 4 is 28.6 Å². The van der Waals surface area contributed by atoms with Gasteiger partial charge in [0.05, 0.1) is 18.0 Å². The monoisotopic (exact) mass is 447 g/mol. The van der Waals surface area contributed by atoms with Gasteiger partial charge in [-0.3, -0.25) is 14.8 Å². The number of halogens is 6. The first-order chi connectivity index (χ1) is 14.0. The van der Waals surface area contributed by atoms with Gasteiger partial charge in [-0.15, -0.1) is 0 Å². The molecule has 0 atom stereocenters. The molecule has 1 saturated heterocycles. The van der Waals surface area contributed by atoms with Crippen molar-refractivity contribution in [1.29, 1.82) is 0 Å². The molecule has 0 aromatic heterocycles. The van der Waals surface area contributed by atoms with Gasteiger partial charge in [0, 0.05) is 5.69 Å². The first-order valence-corrected chi connectivity index (χ1v) is 9.57. The van der Waals surface area contributed by atoms with Gasteiger partial charge in [0.1, 0.15) is 6.54 Å². The van der Waals surface area contributed by atoms with Crippen LogP contribution >= 0.6 is 11.8 Å². The van der Waals surface area contributed by atoms with Crippen LogP contribution in [-0.2, 0) is 12.7 Å². The largest absolute Gasteiger partial charge is 0.416 e. The van der Waals surface area contributed by atoms with Crippen molar-refractivity contribution < 1.29 is 31.1 Å². The number of amidine groups is 1. The normalized spacial score (nSPS) is 17.0. The number of alkyl halides is 6. The van der Waals surface area contributed by atoms with Crippen molar-refractivity contribution in [2.45, 2.75) is 18.9 Å². The summed E-state index contributed by atoms with van der Waals surface area (Å²) in [4.78, 5) is 18.5. The Balaban J connectivity index is 1.81. The van der Waals surface area contributed by atoms with Crippen molar-refractivity contribution in [3.63, 3.8) is 0 Å². The molecule has 30 heavy (non-hydrogen) atoms. The van der Waals surface area contributed by atoms with E-state index in [4.69, 9.17) is 0 Å². The number of amides is 2. The van der Waals surface area contributed by atoms with E-state index in [1.54, 1.807) is 30.3 Å².